The number of aryl methyl sites for hydroxylation is 2. The van der Waals surface area contributed by atoms with Crippen molar-refractivity contribution in [3.63, 3.8) is 0 Å². The van der Waals surface area contributed by atoms with Crippen LogP contribution in [0, 0.1) is 11.3 Å². The molecule has 0 amide bonds. The minimum atomic E-state index is -1.00. The Bertz CT molecular complexity index is 1370. The standard InChI is InChI=1S/C33H40N6O3/c34-24-26-9-6-8-25(22-26)23-31(35)38-30(33(40)41)16-19-39(20-21-42-29-12-2-1-3-13-29)18-5-4-11-28-15-14-27-10-7-17-36-32(27)37-28/h1-3,6,8-9,12-15,22,30H,4-5,7,10-11,16-21,23H2,(H2,35,38)(H,36,37)(H,40,41). The van der Waals surface area contributed by atoms with Gasteiger partial charge in [-0.25, -0.2) is 9.78 Å². The van der Waals surface area contributed by atoms with Gasteiger partial charge in [0.2, 0.25) is 0 Å². The lowest BCUT2D eigenvalue weighted by Crippen LogP contribution is -2.34. The zero-order chi connectivity index (χ0) is 29.6. The quantitative estimate of drug-likeness (QED) is 0.131. The molecule has 1 aliphatic rings. The summed E-state index contributed by atoms with van der Waals surface area (Å²) in [5.74, 6) is 1.07. The lowest BCUT2D eigenvalue weighted by molar-refractivity contribution is -0.138. The van der Waals surface area contributed by atoms with E-state index in [1.54, 1.807) is 18.2 Å². The summed E-state index contributed by atoms with van der Waals surface area (Å²) in [6, 6.07) is 22.2. The molecule has 2 heterocycles. The Balaban J connectivity index is 1.32. The molecule has 1 aromatic heterocycles. The van der Waals surface area contributed by atoms with Crippen LogP contribution in [0.3, 0.4) is 0 Å². The summed E-state index contributed by atoms with van der Waals surface area (Å²) in [5, 5.41) is 22.4. The van der Waals surface area contributed by atoms with Gasteiger partial charge in [0, 0.05) is 31.7 Å². The second-order valence-corrected chi connectivity index (χ2v) is 10.6. The number of hydrogen-bond acceptors (Lipinski definition) is 7. The van der Waals surface area contributed by atoms with E-state index in [4.69, 9.17) is 20.7 Å². The molecular formula is C33H40N6O3. The molecule has 9 heteroatoms. The first-order valence-corrected chi connectivity index (χ1v) is 14.7. The number of nitriles is 1. The van der Waals surface area contributed by atoms with Crippen molar-refractivity contribution in [3.8, 4) is 11.8 Å². The number of nitrogens with two attached hydrogens (primary N) is 1. The van der Waals surface area contributed by atoms with E-state index < -0.39 is 12.0 Å². The number of hydrogen-bond donors (Lipinski definition) is 3. The maximum Gasteiger partial charge on any atom is 0.328 e. The van der Waals surface area contributed by atoms with Crippen LogP contribution in [0.4, 0.5) is 5.82 Å². The number of ether oxygens (including phenoxy) is 1. The molecule has 4 N–H and O–H groups in total. The van der Waals surface area contributed by atoms with Crippen LogP contribution in [0.5, 0.6) is 5.75 Å². The third-order valence-corrected chi connectivity index (χ3v) is 7.30. The number of carboxylic acid groups (broad SMARTS) is 1. The average Bonchev–Trinajstić information content (AvgIpc) is 3.01. The number of carboxylic acids is 1. The molecule has 220 valence electrons. The highest BCUT2D eigenvalue weighted by Crippen LogP contribution is 2.20. The van der Waals surface area contributed by atoms with E-state index in [2.05, 4.69) is 33.4 Å². The zero-order valence-electron chi connectivity index (χ0n) is 24.0. The summed E-state index contributed by atoms with van der Waals surface area (Å²) >= 11 is 0. The number of benzene rings is 2. The van der Waals surface area contributed by atoms with Crippen molar-refractivity contribution >= 4 is 17.6 Å². The molecule has 0 aliphatic carbocycles. The number of pyridine rings is 1. The number of aliphatic imine (C=N–C) groups is 1. The highest BCUT2D eigenvalue weighted by molar-refractivity contribution is 5.86. The Morgan fingerprint density at radius 1 is 1.12 bits per heavy atom. The molecule has 3 aromatic rings. The minimum absolute atomic E-state index is 0.239. The number of anilines is 1. The Morgan fingerprint density at radius 2 is 1.98 bits per heavy atom. The van der Waals surface area contributed by atoms with Gasteiger partial charge in [0.25, 0.3) is 0 Å². The number of aliphatic carboxylic acids is 1. The summed E-state index contributed by atoms with van der Waals surface area (Å²) in [6.45, 7) is 3.51. The first-order valence-electron chi connectivity index (χ1n) is 14.7. The smallest absolute Gasteiger partial charge is 0.328 e. The Hall–Kier alpha value is -4.42. The number of rotatable bonds is 16. The summed E-state index contributed by atoms with van der Waals surface area (Å²) in [5.41, 5.74) is 9.88. The molecular weight excluding hydrogens is 528 g/mol. The molecule has 0 saturated heterocycles. The molecule has 2 aromatic carbocycles. The summed E-state index contributed by atoms with van der Waals surface area (Å²) in [6.07, 6.45) is 5.69. The molecule has 9 nitrogen and oxygen atoms in total. The van der Waals surface area contributed by atoms with Crippen molar-refractivity contribution in [1.29, 1.82) is 5.26 Å². The number of carbonyl (C=O) groups is 1. The predicted octanol–water partition coefficient (Wildman–Crippen LogP) is 4.46. The minimum Gasteiger partial charge on any atom is -0.492 e. The van der Waals surface area contributed by atoms with Gasteiger partial charge in [-0.05, 0) is 86.5 Å². The van der Waals surface area contributed by atoms with Gasteiger partial charge < -0.3 is 20.9 Å². The largest absolute Gasteiger partial charge is 0.492 e. The van der Waals surface area contributed by atoms with Crippen molar-refractivity contribution in [2.45, 2.75) is 51.0 Å². The van der Waals surface area contributed by atoms with Gasteiger partial charge in [0.05, 0.1) is 17.5 Å². The molecule has 0 radical (unpaired) electrons. The van der Waals surface area contributed by atoms with E-state index in [0.29, 0.717) is 38.1 Å². The van der Waals surface area contributed by atoms with Crippen LogP contribution in [-0.4, -0.2) is 65.6 Å². The van der Waals surface area contributed by atoms with Crippen LogP contribution >= 0.6 is 0 Å². The molecule has 1 unspecified atom stereocenters. The second-order valence-electron chi connectivity index (χ2n) is 10.6. The van der Waals surface area contributed by atoms with Crippen molar-refractivity contribution in [1.82, 2.24) is 9.88 Å². The molecule has 0 fully saturated rings. The molecule has 0 bridgehead atoms. The normalized spacial score (nSPS) is 13.6. The fraction of sp³-hybridized carbons (Fsp3) is 0.394. The van der Waals surface area contributed by atoms with Crippen molar-refractivity contribution < 1.29 is 14.6 Å². The summed E-state index contributed by atoms with van der Waals surface area (Å²) in [4.78, 5) is 23.4. The van der Waals surface area contributed by atoms with E-state index in [-0.39, 0.29) is 5.84 Å². The van der Waals surface area contributed by atoms with Gasteiger partial charge in [0.1, 0.15) is 18.2 Å². The first kappa shape index (κ1) is 30.5. The van der Waals surface area contributed by atoms with Crippen LogP contribution in [0.1, 0.15) is 48.1 Å². The molecule has 4 rings (SSSR count). The molecule has 1 atom stereocenters. The second kappa shape index (κ2) is 16.1. The number of unbranched alkanes of at least 4 members (excludes halogenated alkanes) is 1. The number of nitrogens with zero attached hydrogens (tertiary/aromatic N) is 4. The van der Waals surface area contributed by atoms with Gasteiger partial charge in [-0.2, -0.15) is 5.26 Å². The van der Waals surface area contributed by atoms with E-state index in [1.165, 1.54) is 5.56 Å². The monoisotopic (exact) mass is 568 g/mol. The van der Waals surface area contributed by atoms with Gasteiger partial charge in [-0.15, -0.1) is 0 Å². The van der Waals surface area contributed by atoms with Crippen LogP contribution in [-0.2, 0) is 24.1 Å². The van der Waals surface area contributed by atoms with Crippen molar-refractivity contribution in [3.05, 3.63) is 89.1 Å². The summed E-state index contributed by atoms with van der Waals surface area (Å²) < 4.78 is 5.92. The van der Waals surface area contributed by atoms with Crippen LogP contribution in [0.15, 0.2) is 71.7 Å². The van der Waals surface area contributed by atoms with Gasteiger partial charge in [-0.3, -0.25) is 9.89 Å². The van der Waals surface area contributed by atoms with Gasteiger partial charge in [0.15, 0.2) is 6.04 Å². The van der Waals surface area contributed by atoms with Crippen LogP contribution < -0.4 is 15.8 Å². The molecule has 0 spiro atoms. The van der Waals surface area contributed by atoms with Crippen molar-refractivity contribution in [2.24, 2.45) is 10.7 Å². The molecule has 0 saturated carbocycles. The Labute approximate surface area is 248 Å². The topological polar surface area (TPSA) is 137 Å². The maximum atomic E-state index is 12.1. The van der Waals surface area contributed by atoms with Crippen molar-refractivity contribution in [2.75, 3.05) is 38.1 Å². The molecule has 1 aliphatic heterocycles. The number of aromatic nitrogens is 1. The number of para-hydroxylation sites is 1. The van der Waals surface area contributed by atoms with Gasteiger partial charge >= 0.3 is 5.97 Å². The van der Waals surface area contributed by atoms with E-state index >= 15 is 0 Å². The maximum absolute atomic E-state index is 12.1. The number of nitrogens with one attached hydrogen (secondary N) is 1. The highest BCUT2D eigenvalue weighted by Gasteiger charge is 2.19. The van der Waals surface area contributed by atoms with Crippen LogP contribution in [0.25, 0.3) is 0 Å². The first-order chi connectivity index (χ1) is 20.5. The van der Waals surface area contributed by atoms with E-state index in [9.17, 15) is 9.90 Å². The summed E-state index contributed by atoms with van der Waals surface area (Å²) in [7, 11) is 0. The Kier molecular flexibility index (Phi) is 11.7. The predicted molar refractivity (Wildman–Crippen MR) is 165 cm³/mol. The zero-order valence-corrected chi connectivity index (χ0v) is 24.0. The Morgan fingerprint density at radius 3 is 2.79 bits per heavy atom. The average molecular weight is 569 g/mol. The van der Waals surface area contributed by atoms with E-state index in [1.807, 2.05) is 36.4 Å². The fourth-order valence-electron chi connectivity index (χ4n) is 5.05. The van der Waals surface area contributed by atoms with E-state index in [0.717, 1.165) is 68.0 Å². The van der Waals surface area contributed by atoms with Crippen LogP contribution in [0.2, 0.25) is 0 Å². The number of fused-ring (bicyclic) bond motifs is 1. The third kappa shape index (κ3) is 9.89. The van der Waals surface area contributed by atoms with Gasteiger partial charge in [-0.1, -0.05) is 36.4 Å². The SMILES string of the molecule is N#Cc1cccc(CC(N)=NC(CCN(CCCCc2ccc3c(n2)NCCC3)CCOc2ccccc2)C(=O)O)c1. The third-order valence-electron chi connectivity index (χ3n) is 7.30. The lowest BCUT2D eigenvalue weighted by Gasteiger charge is -2.23. The number of amidine groups is 1. The fourth-order valence-corrected chi connectivity index (χ4v) is 5.05. The highest BCUT2D eigenvalue weighted by atomic mass is 16.5. The lowest BCUT2D eigenvalue weighted by atomic mass is 10.1. The molecule has 42 heavy (non-hydrogen) atoms.